The average Bonchev–Trinajstić information content (AvgIpc) is 2.64. The summed E-state index contributed by atoms with van der Waals surface area (Å²) in [6, 6.07) is 21.4. The van der Waals surface area contributed by atoms with Crippen LogP contribution in [-0.4, -0.2) is 19.8 Å². The highest BCUT2D eigenvalue weighted by Gasteiger charge is 2.32. The van der Waals surface area contributed by atoms with Gasteiger partial charge in [0.1, 0.15) is 0 Å². The zero-order chi connectivity index (χ0) is 16.9. The van der Waals surface area contributed by atoms with Gasteiger partial charge >= 0.3 is 0 Å². The third-order valence-corrected chi connectivity index (χ3v) is 4.65. The SMILES string of the molecule is CCCC1=C(OC)N(c2ccccc2)CN(c2ccccc2)C1C. The van der Waals surface area contributed by atoms with Gasteiger partial charge in [-0.3, -0.25) is 4.90 Å². The quantitative estimate of drug-likeness (QED) is 0.769. The molecule has 1 unspecified atom stereocenters. The lowest BCUT2D eigenvalue weighted by molar-refractivity contribution is 0.261. The van der Waals surface area contributed by atoms with Gasteiger partial charge in [0, 0.05) is 16.9 Å². The molecule has 0 N–H and O–H groups in total. The Hall–Kier alpha value is -2.42. The number of para-hydroxylation sites is 2. The molecule has 0 fully saturated rings. The number of hydrogen-bond donors (Lipinski definition) is 0. The van der Waals surface area contributed by atoms with Gasteiger partial charge in [-0.1, -0.05) is 49.7 Å². The fourth-order valence-electron chi connectivity index (χ4n) is 3.44. The summed E-state index contributed by atoms with van der Waals surface area (Å²) in [5.41, 5.74) is 3.77. The molecular weight excluding hydrogens is 296 g/mol. The Labute approximate surface area is 145 Å². The second kappa shape index (κ2) is 7.43. The molecule has 3 rings (SSSR count). The topological polar surface area (TPSA) is 15.7 Å². The summed E-state index contributed by atoms with van der Waals surface area (Å²) in [6.07, 6.45) is 2.15. The third-order valence-electron chi connectivity index (χ3n) is 4.65. The highest BCUT2D eigenvalue weighted by Crippen LogP contribution is 2.34. The maximum Gasteiger partial charge on any atom is 0.196 e. The van der Waals surface area contributed by atoms with Gasteiger partial charge in [0.25, 0.3) is 0 Å². The molecule has 0 radical (unpaired) electrons. The molecule has 0 saturated carbocycles. The van der Waals surface area contributed by atoms with E-state index in [0.29, 0.717) is 6.04 Å². The van der Waals surface area contributed by atoms with E-state index >= 15 is 0 Å². The molecule has 0 amide bonds. The first kappa shape index (κ1) is 16.4. The first-order valence-electron chi connectivity index (χ1n) is 8.67. The summed E-state index contributed by atoms with van der Waals surface area (Å²) in [6.45, 7) is 5.28. The van der Waals surface area contributed by atoms with Crippen molar-refractivity contribution < 1.29 is 4.74 Å². The van der Waals surface area contributed by atoms with Crippen molar-refractivity contribution in [2.75, 3.05) is 23.6 Å². The fourth-order valence-corrected chi connectivity index (χ4v) is 3.44. The van der Waals surface area contributed by atoms with Crippen molar-refractivity contribution in [2.24, 2.45) is 0 Å². The Morgan fingerprint density at radius 2 is 1.54 bits per heavy atom. The van der Waals surface area contributed by atoms with Crippen LogP contribution >= 0.6 is 0 Å². The van der Waals surface area contributed by atoms with Gasteiger partial charge in [0.2, 0.25) is 0 Å². The fraction of sp³-hybridized carbons (Fsp3) is 0.333. The van der Waals surface area contributed by atoms with Gasteiger partial charge in [-0.25, -0.2) is 0 Å². The van der Waals surface area contributed by atoms with Crippen molar-refractivity contribution in [1.82, 2.24) is 0 Å². The number of nitrogens with zero attached hydrogens (tertiary/aromatic N) is 2. The van der Waals surface area contributed by atoms with Crippen molar-refractivity contribution in [2.45, 2.75) is 32.7 Å². The van der Waals surface area contributed by atoms with Crippen LogP contribution in [-0.2, 0) is 4.74 Å². The number of rotatable bonds is 5. The minimum atomic E-state index is 0.322. The van der Waals surface area contributed by atoms with Crippen LogP contribution in [0.1, 0.15) is 26.7 Å². The average molecular weight is 322 g/mol. The zero-order valence-electron chi connectivity index (χ0n) is 14.8. The molecule has 1 atom stereocenters. The van der Waals surface area contributed by atoms with Crippen molar-refractivity contribution in [1.29, 1.82) is 0 Å². The first-order valence-corrected chi connectivity index (χ1v) is 8.67. The Morgan fingerprint density at radius 3 is 2.08 bits per heavy atom. The summed E-state index contributed by atoms with van der Waals surface area (Å²) in [4.78, 5) is 4.72. The second-order valence-corrected chi connectivity index (χ2v) is 6.17. The lowest BCUT2D eigenvalue weighted by Gasteiger charge is -2.44. The smallest absolute Gasteiger partial charge is 0.196 e. The molecule has 0 saturated heterocycles. The lowest BCUT2D eigenvalue weighted by atomic mass is 9.99. The summed E-state index contributed by atoms with van der Waals surface area (Å²) in [7, 11) is 1.78. The van der Waals surface area contributed by atoms with Gasteiger partial charge in [0.15, 0.2) is 5.88 Å². The van der Waals surface area contributed by atoms with Gasteiger partial charge in [-0.2, -0.15) is 0 Å². The van der Waals surface area contributed by atoms with E-state index < -0.39 is 0 Å². The molecule has 0 aromatic heterocycles. The largest absolute Gasteiger partial charge is 0.482 e. The molecule has 0 bridgehead atoms. The van der Waals surface area contributed by atoms with E-state index in [9.17, 15) is 0 Å². The molecule has 3 heteroatoms. The molecule has 1 aliphatic heterocycles. The van der Waals surface area contributed by atoms with Gasteiger partial charge < -0.3 is 9.64 Å². The molecule has 1 aliphatic rings. The van der Waals surface area contributed by atoms with Gasteiger partial charge in [-0.15, -0.1) is 0 Å². The van der Waals surface area contributed by atoms with E-state index in [2.05, 4.69) is 78.2 Å². The van der Waals surface area contributed by atoms with E-state index in [1.54, 1.807) is 7.11 Å². The van der Waals surface area contributed by atoms with E-state index in [1.165, 1.54) is 11.3 Å². The van der Waals surface area contributed by atoms with Crippen LogP contribution in [0.4, 0.5) is 11.4 Å². The van der Waals surface area contributed by atoms with Gasteiger partial charge in [0.05, 0.1) is 19.8 Å². The van der Waals surface area contributed by atoms with Crippen LogP contribution in [0.2, 0.25) is 0 Å². The van der Waals surface area contributed by atoms with Crippen LogP contribution in [0.15, 0.2) is 72.1 Å². The van der Waals surface area contributed by atoms with Gasteiger partial charge in [-0.05, 0) is 37.6 Å². The molecule has 126 valence electrons. The monoisotopic (exact) mass is 322 g/mol. The lowest BCUT2D eigenvalue weighted by Crippen LogP contribution is -2.49. The molecule has 2 aromatic carbocycles. The highest BCUT2D eigenvalue weighted by atomic mass is 16.5. The zero-order valence-corrected chi connectivity index (χ0v) is 14.8. The molecule has 3 nitrogen and oxygen atoms in total. The normalized spacial score (nSPS) is 18.0. The molecule has 2 aromatic rings. The van der Waals surface area contributed by atoms with E-state index in [4.69, 9.17) is 4.74 Å². The van der Waals surface area contributed by atoms with Crippen LogP contribution in [0.5, 0.6) is 0 Å². The number of ether oxygens (including phenoxy) is 1. The Bertz CT molecular complexity index is 681. The standard InChI is InChI=1S/C21H26N2O/c1-4-11-20-17(2)22(18-12-7-5-8-13-18)16-23(21(20)24-3)19-14-9-6-10-15-19/h5-10,12-15,17H,4,11,16H2,1-3H3. The summed E-state index contributed by atoms with van der Waals surface area (Å²) < 4.78 is 5.86. The second-order valence-electron chi connectivity index (χ2n) is 6.17. The molecule has 0 spiro atoms. The number of methoxy groups -OCH3 is 1. The first-order chi connectivity index (χ1) is 11.8. The van der Waals surface area contributed by atoms with Crippen molar-refractivity contribution in [3.63, 3.8) is 0 Å². The van der Waals surface area contributed by atoms with Crippen molar-refractivity contribution in [3.8, 4) is 0 Å². The van der Waals surface area contributed by atoms with E-state index in [-0.39, 0.29) is 0 Å². The summed E-state index contributed by atoms with van der Waals surface area (Å²) in [5, 5.41) is 0. The Morgan fingerprint density at radius 1 is 0.958 bits per heavy atom. The maximum atomic E-state index is 5.86. The highest BCUT2D eigenvalue weighted by molar-refractivity contribution is 5.59. The van der Waals surface area contributed by atoms with Crippen LogP contribution in [0, 0.1) is 0 Å². The van der Waals surface area contributed by atoms with Crippen LogP contribution in [0.3, 0.4) is 0 Å². The minimum Gasteiger partial charge on any atom is -0.482 e. The molecule has 0 aliphatic carbocycles. The Kier molecular flexibility index (Phi) is 5.09. The Balaban J connectivity index is 2.06. The minimum absolute atomic E-state index is 0.322. The predicted molar refractivity (Wildman–Crippen MR) is 101 cm³/mol. The summed E-state index contributed by atoms with van der Waals surface area (Å²) in [5.74, 6) is 1.00. The van der Waals surface area contributed by atoms with Crippen molar-refractivity contribution in [3.05, 3.63) is 72.1 Å². The van der Waals surface area contributed by atoms with E-state index in [1.807, 2.05) is 6.07 Å². The number of anilines is 2. The molecular formula is C21H26N2O. The summed E-state index contributed by atoms with van der Waals surface area (Å²) >= 11 is 0. The van der Waals surface area contributed by atoms with Crippen LogP contribution < -0.4 is 9.80 Å². The predicted octanol–water partition coefficient (Wildman–Crippen LogP) is 5.02. The number of benzene rings is 2. The van der Waals surface area contributed by atoms with Crippen LogP contribution in [0.25, 0.3) is 0 Å². The third kappa shape index (κ3) is 3.12. The van der Waals surface area contributed by atoms with Crippen molar-refractivity contribution >= 4 is 11.4 Å². The molecule has 1 heterocycles. The number of hydrogen-bond acceptors (Lipinski definition) is 3. The molecule has 24 heavy (non-hydrogen) atoms. The van der Waals surface area contributed by atoms with E-state index in [0.717, 1.165) is 31.1 Å². The maximum absolute atomic E-state index is 5.86.